The van der Waals surface area contributed by atoms with E-state index in [1.54, 1.807) is 31.4 Å². The van der Waals surface area contributed by atoms with Gasteiger partial charge in [-0.05, 0) is 54.5 Å². The molecule has 1 saturated carbocycles. The minimum Gasteiger partial charge on any atom is -0.482 e. The molecule has 0 spiro atoms. The van der Waals surface area contributed by atoms with E-state index in [4.69, 9.17) is 9.47 Å². The highest BCUT2D eigenvalue weighted by atomic mass is 32.2. The number of benzene rings is 1. The fourth-order valence-electron chi connectivity index (χ4n) is 4.87. The van der Waals surface area contributed by atoms with E-state index < -0.39 is 10.0 Å². The summed E-state index contributed by atoms with van der Waals surface area (Å²) >= 11 is 1.76. The number of thiophene rings is 1. The van der Waals surface area contributed by atoms with Crippen LogP contribution in [0, 0.1) is 6.92 Å². The second-order valence-corrected chi connectivity index (χ2v) is 11.5. The number of aryl methyl sites for hydroxylation is 1. The van der Waals surface area contributed by atoms with Gasteiger partial charge in [0.1, 0.15) is 5.75 Å². The molecule has 9 heteroatoms. The number of ether oxygens (including phenoxy) is 2. The second kappa shape index (κ2) is 7.88. The molecule has 3 aliphatic rings. The monoisotopic (exact) mass is 462 g/mol. The Morgan fingerprint density at radius 1 is 1.26 bits per heavy atom. The molecule has 166 valence electrons. The Balaban J connectivity index is 1.42. The van der Waals surface area contributed by atoms with Crippen LogP contribution in [0.1, 0.15) is 53.7 Å². The number of nitrogens with zero attached hydrogens (tertiary/aromatic N) is 1. The van der Waals surface area contributed by atoms with E-state index in [1.807, 2.05) is 0 Å². The Morgan fingerprint density at radius 3 is 2.90 bits per heavy atom. The number of carbonyl (C=O) groups excluding carboxylic acids is 1. The van der Waals surface area contributed by atoms with Gasteiger partial charge in [0.15, 0.2) is 6.61 Å². The predicted molar refractivity (Wildman–Crippen MR) is 118 cm³/mol. The first kappa shape index (κ1) is 20.9. The maximum Gasteiger partial charge on any atom is 0.262 e. The van der Waals surface area contributed by atoms with Gasteiger partial charge in [0.2, 0.25) is 10.0 Å². The summed E-state index contributed by atoms with van der Waals surface area (Å²) in [6.07, 6.45) is 4.43. The highest BCUT2D eigenvalue weighted by molar-refractivity contribution is 7.89. The molecule has 5 rings (SSSR count). The van der Waals surface area contributed by atoms with Crippen molar-refractivity contribution in [3.05, 3.63) is 39.6 Å². The fraction of sp³-hybridized carbons (Fsp3) is 0.500. The van der Waals surface area contributed by atoms with Crippen LogP contribution < -0.4 is 10.1 Å². The Bertz CT molecular complexity index is 1130. The molecule has 3 atom stereocenters. The van der Waals surface area contributed by atoms with E-state index in [9.17, 15) is 13.2 Å². The molecule has 2 aliphatic heterocycles. The molecule has 2 aromatic rings. The Morgan fingerprint density at radius 2 is 2.06 bits per heavy atom. The minimum absolute atomic E-state index is 0.0669. The van der Waals surface area contributed by atoms with Crippen molar-refractivity contribution in [2.45, 2.75) is 55.6 Å². The predicted octanol–water partition coefficient (Wildman–Crippen LogP) is 3.81. The standard InChI is InChI=1S/C22H26N2O5S2/c1-13-9-18-16(23-21(25)12-28-18)10-20(13)31(26,27)24(2)11-19-15-7-8-30-22(15)14-5-3-4-6-17(14)29-19/h7-10,14,17,19H,3-6,11-12H2,1-2H3,(H,23,25)/t14-,17+,19-/m0/s1. The van der Waals surface area contributed by atoms with Crippen LogP contribution in [0.15, 0.2) is 28.5 Å². The topological polar surface area (TPSA) is 84.9 Å². The SMILES string of the molecule is Cc1cc2c(cc1S(=O)(=O)N(C)C[C@@H]1O[C@@H]3CCCC[C@@H]3c3sccc31)NC(=O)CO2. The van der Waals surface area contributed by atoms with Gasteiger partial charge in [-0.1, -0.05) is 12.8 Å². The first-order valence-corrected chi connectivity index (χ1v) is 12.9. The molecule has 1 amide bonds. The number of hydrogen-bond acceptors (Lipinski definition) is 6. The highest BCUT2D eigenvalue weighted by Gasteiger charge is 2.39. The van der Waals surface area contributed by atoms with Crippen LogP contribution in [-0.2, 0) is 19.6 Å². The van der Waals surface area contributed by atoms with Gasteiger partial charge in [0, 0.05) is 24.4 Å². The lowest BCUT2D eigenvalue weighted by Gasteiger charge is -2.40. The Labute approximate surface area is 186 Å². The van der Waals surface area contributed by atoms with E-state index in [0.717, 1.165) is 24.8 Å². The highest BCUT2D eigenvalue weighted by Crippen LogP contribution is 2.47. The zero-order chi connectivity index (χ0) is 21.8. The summed E-state index contributed by atoms with van der Waals surface area (Å²) in [5, 5.41) is 4.78. The molecule has 0 bridgehead atoms. The van der Waals surface area contributed by atoms with Gasteiger partial charge in [0.25, 0.3) is 5.91 Å². The average Bonchev–Trinajstić information content (AvgIpc) is 3.24. The van der Waals surface area contributed by atoms with Gasteiger partial charge in [-0.3, -0.25) is 4.79 Å². The Hall–Kier alpha value is -1.94. The number of hydrogen-bond donors (Lipinski definition) is 1. The van der Waals surface area contributed by atoms with Crippen LogP contribution in [0.2, 0.25) is 0 Å². The molecule has 31 heavy (non-hydrogen) atoms. The first-order chi connectivity index (χ1) is 14.8. The number of likely N-dealkylation sites (N-methyl/N-ethyl adjacent to an activating group) is 1. The molecule has 1 N–H and O–H groups in total. The number of fused-ring (bicyclic) bond motifs is 4. The number of carbonyl (C=O) groups is 1. The first-order valence-electron chi connectivity index (χ1n) is 10.6. The van der Waals surface area contributed by atoms with Gasteiger partial charge in [-0.15, -0.1) is 11.3 Å². The summed E-state index contributed by atoms with van der Waals surface area (Å²) in [6.45, 7) is 1.92. The van der Waals surface area contributed by atoms with E-state index >= 15 is 0 Å². The van der Waals surface area contributed by atoms with Crippen molar-refractivity contribution in [2.75, 3.05) is 25.5 Å². The van der Waals surface area contributed by atoms with Gasteiger partial charge >= 0.3 is 0 Å². The van der Waals surface area contributed by atoms with Crippen molar-refractivity contribution < 1.29 is 22.7 Å². The van der Waals surface area contributed by atoms with Crippen LogP contribution in [-0.4, -0.2) is 44.9 Å². The van der Waals surface area contributed by atoms with Crippen LogP contribution >= 0.6 is 11.3 Å². The van der Waals surface area contributed by atoms with E-state index in [-0.39, 0.29) is 36.2 Å². The van der Waals surface area contributed by atoms with E-state index in [2.05, 4.69) is 16.8 Å². The molecule has 1 aromatic heterocycles. The van der Waals surface area contributed by atoms with Crippen LogP contribution in [0.4, 0.5) is 5.69 Å². The smallest absolute Gasteiger partial charge is 0.262 e. The maximum absolute atomic E-state index is 13.4. The largest absolute Gasteiger partial charge is 0.482 e. The summed E-state index contributed by atoms with van der Waals surface area (Å²) in [6, 6.07) is 5.23. The lowest BCUT2D eigenvalue weighted by Crippen LogP contribution is -2.38. The van der Waals surface area contributed by atoms with Crippen LogP contribution in [0.25, 0.3) is 0 Å². The molecule has 3 heterocycles. The van der Waals surface area contributed by atoms with Crippen molar-refractivity contribution >= 4 is 33.0 Å². The van der Waals surface area contributed by atoms with Crippen LogP contribution in [0.3, 0.4) is 0 Å². The van der Waals surface area contributed by atoms with E-state index in [1.165, 1.54) is 21.7 Å². The van der Waals surface area contributed by atoms with Crippen molar-refractivity contribution in [3.63, 3.8) is 0 Å². The molecule has 7 nitrogen and oxygen atoms in total. The lowest BCUT2D eigenvalue weighted by atomic mass is 9.81. The zero-order valence-electron chi connectivity index (χ0n) is 17.6. The van der Waals surface area contributed by atoms with Crippen molar-refractivity contribution in [3.8, 4) is 5.75 Å². The molecule has 0 unspecified atom stereocenters. The molecule has 1 aromatic carbocycles. The third-order valence-corrected chi connectivity index (χ3v) is 9.50. The molecule has 1 aliphatic carbocycles. The van der Waals surface area contributed by atoms with Gasteiger partial charge < -0.3 is 14.8 Å². The summed E-state index contributed by atoms with van der Waals surface area (Å²) in [4.78, 5) is 13.2. The van der Waals surface area contributed by atoms with Crippen molar-refractivity contribution in [1.82, 2.24) is 4.31 Å². The summed E-state index contributed by atoms with van der Waals surface area (Å²) in [7, 11) is -2.20. The summed E-state index contributed by atoms with van der Waals surface area (Å²) < 4.78 is 40.1. The maximum atomic E-state index is 13.4. The lowest BCUT2D eigenvalue weighted by molar-refractivity contribution is -0.118. The van der Waals surface area contributed by atoms with Gasteiger partial charge in [-0.2, -0.15) is 4.31 Å². The zero-order valence-corrected chi connectivity index (χ0v) is 19.2. The molecule has 1 fully saturated rings. The third-order valence-electron chi connectivity index (χ3n) is 6.47. The summed E-state index contributed by atoms with van der Waals surface area (Å²) in [5.41, 5.74) is 2.08. The van der Waals surface area contributed by atoms with Crippen LogP contribution in [0.5, 0.6) is 5.75 Å². The minimum atomic E-state index is -3.79. The van der Waals surface area contributed by atoms with Gasteiger partial charge in [-0.25, -0.2) is 8.42 Å². The number of rotatable bonds is 4. The van der Waals surface area contributed by atoms with Gasteiger partial charge in [0.05, 0.1) is 22.8 Å². The fourth-order valence-corrected chi connectivity index (χ4v) is 7.41. The second-order valence-electron chi connectivity index (χ2n) is 8.53. The van der Waals surface area contributed by atoms with Crippen molar-refractivity contribution in [2.24, 2.45) is 0 Å². The number of nitrogens with one attached hydrogen (secondary N) is 1. The average molecular weight is 463 g/mol. The van der Waals surface area contributed by atoms with Crippen molar-refractivity contribution in [1.29, 1.82) is 0 Å². The third kappa shape index (κ3) is 3.67. The number of amides is 1. The molecular weight excluding hydrogens is 436 g/mol. The number of sulfonamides is 1. The molecule has 0 saturated heterocycles. The number of anilines is 1. The van der Waals surface area contributed by atoms with E-state index in [0.29, 0.717) is 22.9 Å². The summed E-state index contributed by atoms with van der Waals surface area (Å²) in [5.74, 6) is 0.629. The molecule has 0 radical (unpaired) electrons. The quantitative estimate of drug-likeness (QED) is 0.747. The molecular formula is C22H26N2O5S2. The Kier molecular flexibility index (Phi) is 5.32. The normalized spacial score (nSPS) is 25.3.